The van der Waals surface area contributed by atoms with Crippen molar-refractivity contribution in [3.63, 3.8) is 0 Å². The van der Waals surface area contributed by atoms with Crippen molar-refractivity contribution in [2.24, 2.45) is 0 Å². The van der Waals surface area contributed by atoms with Gasteiger partial charge in [0, 0.05) is 27.2 Å². The van der Waals surface area contributed by atoms with Gasteiger partial charge in [0.1, 0.15) is 18.4 Å². The first-order valence-electron chi connectivity index (χ1n) is 10.6. The number of nitrogens with one attached hydrogen (secondary N) is 1. The van der Waals surface area contributed by atoms with Crippen molar-refractivity contribution in [3.8, 4) is 0 Å². The molecule has 1 N–H and O–H groups in total. The van der Waals surface area contributed by atoms with Crippen LogP contribution in [0.3, 0.4) is 0 Å². The zero-order valence-corrected chi connectivity index (χ0v) is 20.2. The standard InChI is InChI=1S/C23H31FN4O4S/c1-5-15-25-23(30)18(2)27(16-19-11-7-6-8-12-19)22(29)17-28(33(31,32)26(3)4)21-14-10-9-13-20(21)24/h6-14,18H,5,15-17H2,1-4H3,(H,25,30)/t18-/m1/s1. The molecule has 1 atom stereocenters. The Hall–Kier alpha value is -2.98. The lowest BCUT2D eigenvalue weighted by molar-refractivity contribution is -0.139. The Kier molecular flexibility index (Phi) is 9.36. The van der Waals surface area contributed by atoms with Crippen LogP contribution in [0.1, 0.15) is 25.8 Å². The van der Waals surface area contributed by atoms with Crippen molar-refractivity contribution < 1.29 is 22.4 Å². The molecular weight excluding hydrogens is 447 g/mol. The summed E-state index contributed by atoms with van der Waals surface area (Å²) < 4.78 is 42.1. The predicted octanol–water partition coefficient (Wildman–Crippen LogP) is 2.38. The van der Waals surface area contributed by atoms with Gasteiger partial charge in [-0.1, -0.05) is 49.4 Å². The second kappa shape index (κ2) is 11.8. The highest BCUT2D eigenvalue weighted by atomic mass is 32.2. The number of rotatable bonds is 11. The summed E-state index contributed by atoms with van der Waals surface area (Å²) in [6, 6.07) is 13.5. The normalized spacial score (nSPS) is 12.3. The van der Waals surface area contributed by atoms with Gasteiger partial charge < -0.3 is 10.2 Å². The van der Waals surface area contributed by atoms with Crippen molar-refractivity contribution >= 4 is 27.7 Å². The maximum atomic E-state index is 14.5. The number of amides is 2. The average Bonchev–Trinajstić information content (AvgIpc) is 2.79. The van der Waals surface area contributed by atoms with E-state index in [0.717, 1.165) is 26.7 Å². The van der Waals surface area contributed by atoms with E-state index in [4.69, 9.17) is 0 Å². The number of carbonyl (C=O) groups excluding carboxylic acids is 2. The van der Waals surface area contributed by atoms with E-state index in [1.165, 1.54) is 37.2 Å². The molecular formula is C23H31FN4O4S. The zero-order chi connectivity index (χ0) is 24.6. The summed E-state index contributed by atoms with van der Waals surface area (Å²) in [4.78, 5) is 27.4. The summed E-state index contributed by atoms with van der Waals surface area (Å²) in [5.74, 6) is -1.76. The van der Waals surface area contributed by atoms with E-state index < -0.39 is 34.5 Å². The number of hydrogen-bond acceptors (Lipinski definition) is 4. The monoisotopic (exact) mass is 478 g/mol. The van der Waals surface area contributed by atoms with Crippen molar-refractivity contribution in [3.05, 3.63) is 66.0 Å². The van der Waals surface area contributed by atoms with Crippen LogP contribution in [0, 0.1) is 5.82 Å². The van der Waals surface area contributed by atoms with Crippen molar-refractivity contribution in [1.29, 1.82) is 0 Å². The minimum atomic E-state index is -4.20. The smallest absolute Gasteiger partial charge is 0.304 e. The lowest BCUT2D eigenvalue weighted by Crippen LogP contribution is -2.52. The molecule has 2 aromatic rings. The van der Waals surface area contributed by atoms with Crippen LogP contribution in [0.5, 0.6) is 0 Å². The largest absolute Gasteiger partial charge is 0.354 e. The number of carbonyl (C=O) groups is 2. The number of hydrogen-bond donors (Lipinski definition) is 1. The quantitative estimate of drug-likeness (QED) is 0.537. The van der Waals surface area contributed by atoms with Gasteiger partial charge in [0.15, 0.2) is 0 Å². The number of para-hydroxylation sites is 1. The van der Waals surface area contributed by atoms with E-state index in [0.29, 0.717) is 6.54 Å². The van der Waals surface area contributed by atoms with Crippen LogP contribution in [0.15, 0.2) is 54.6 Å². The van der Waals surface area contributed by atoms with Crippen LogP contribution in [-0.2, 0) is 26.3 Å². The molecule has 0 bridgehead atoms. The molecule has 0 radical (unpaired) electrons. The summed E-state index contributed by atoms with van der Waals surface area (Å²) >= 11 is 0. The third kappa shape index (κ3) is 6.75. The predicted molar refractivity (Wildman–Crippen MR) is 126 cm³/mol. The van der Waals surface area contributed by atoms with E-state index in [-0.39, 0.29) is 18.1 Å². The highest BCUT2D eigenvalue weighted by molar-refractivity contribution is 7.90. The second-order valence-corrected chi connectivity index (χ2v) is 9.79. The molecule has 0 aliphatic heterocycles. The average molecular weight is 479 g/mol. The molecule has 0 spiro atoms. The molecule has 0 aromatic heterocycles. The van der Waals surface area contributed by atoms with Gasteiger partial charge in [-0.05, 0) is 31.0 Å². The van der Waals surface area contributed by atoms with Gasteiger partial charge in [-0.3, -0.25) is 9.59 Å². The molecule has 33 heavy (non-hydrogen) atoms. The van der Waals surface area contributed by atoms with E-state index in [1.54, 1.807) is 6.92 Å². The minimum absolute atomic E-state index is 0.0908. The maximum Gasteiger partial charge on any atom is 0.304 e. The molecule has 0 fully saturated rings. The van der Waals surface area contributed by atoms with Gasteiger partial charge in [-0.2, -0.15) is 12.7 Å². The molecule has 0 heterocycles. The molecule has 2 amide bonds. The fourth-order valence-corrected chi connectivity index (χ4v) is 4.18. The van der Waals surface area contributed by atoms with E-state index >= 15 is 0 Å². The van der Waals surface area contributed by atoms with Crippen LogP contribution < -0.4 is 9.62 Å². The zero-order valence-electron chi connectivity index (χ0n) is 19.4. The number of benzene rings is 2. The lowest BCUT2D eigenvalue weighted by Gasteiger charge is -2.32. The van der Waals surface area contributed by atoms with Crippen LogP contribution in [-0.4, -0.2) is 62.7 Å². The first-order chi connectivity index (χ1) is 15.6. The van der Waals surface area contributed by atoms with Crippen molar-refractivity contribution in [1.82, 2.24) is 14.5 Å². The summed E-state index contributed by atoms with van der Waals surface area (Å²) in [7, 11) is -1.59. The Bertz CT molecular complexity index is 1050. The Labute approximate surface area is 195 Å². The topological polar surface area (TPSA) is 90.0 Å². The molecule has 10 heteroatoms. The van der Waals surface area contributed by atoms with Crippen LogP contribution in [0.2, 0.25) is 0 Å². The molecule has 0 saturated carbocycles. The summed E-state index contributed by atoms with van der Waals surface area (Å²) in [6.07, 6.45) is 0.729. The van der Waals surface area contributed by atoms with Crippen LogP contribution in [0.4, 0.5) is 10.1 Å². The molecule has 0 aliphatic rings. The molecule has 8 nitrogen and oxygen atoms in total. The third-order valence-electron chi connectivity index (χ3n) is 5.05. The first-order valence-corrected chi connectivity index (χ1v) is 12.0. The van der Waals surface area contributed by atoms with E-state index in [1.807, 2.05) is 37.3 Å². The molecule has 0 saturated heterocycles. The second-order valence-electron chi connectivity index (χ2n) is 7.72. The van der Waals surface area contributed by atoms with Crippen LogP contribution >= 0.6 is 0 Å². The Balaban J connectivity index is 2.43. The highest BCUT2D eigenvalue weighted by Gasteiger charge is 2.33. The third-order valence-corrected chi connectivity index (χ3v) is 6.86. The van der Waals surface area contributed by atoms with Crippen molar-refractivity contribution in [2.45, 2.75) is 32.9 Å². The Morgan fingerprint density at radius 2 is 1.64 bits per heavy atom. The fourth-order valence-electron chi connectivity index (χ4n) is 3.11. The van der Waals surface area contributed by atoms with Gasteiger partial charge >= 0.3 is 10.2 Å². The molecule has 2 rings (SSSR count). The van der Waals surface area contributed by atoms with Crippen molar-refractivity contribution in [2.75, 3.05) is 31.5 Å². The molecule has 0 unspecified atom stereocenters. The number of nitrogens with zero attached hydrogens (tertiary/aromatic N) is 3. The minimum Gasteiger partial charge on any atom is -0.354 e. The number of anilines is 1. The lowest BCUT2D eigenvalue weighted by atomic mass is 10.1. The summed E-state index contributed by atoms with van der Waals surface area (Å²) in [5, 5.41) is 2.76. The fraction of sp³-hybridized carbons (Fsp3) is 0.391. The Morgan fingerprint density at radius 3 is 2.21 bits per heavy atom. The highest BCUT2D eigenvalue weighted by Crippen LogP contribution is 2.23. The molecule has 0 aliphatic carbocycles. The van der Waals surface area contributed by atoms with E-state index in [9.17, 15) is 22.4 Å². The summed E-state index contributed by atoms with van der Waals surface area (Å²) in [6.45, 7) is 3.37. The maximum absolute atomic E-state index is 14.5. The van der Waals surface area contributed by atoms with Gasteiger partial charge in [-0.15, -0.1) is 0 Å². The first kappa shape index (κ1) is 26.3. The van der Waals surface area contributed by atoms with Gasteiger partial charge in [-0.25, -0.2) is 8.70 Å². The molecule has 180 valence electrons. The SMILES string of the molecule is CCCNC(=O)[C@@H](C)N(Cc1ccccc1)C(=O)CN(c1ccccc1F)S(=O)(=O)N(C)C. The van der Waals surface area contributed by atoms with Gasteiger partial charge in [0.05, 0.1) is 5.69 Å². The van der Waals surface area contributed by atoms with Gasteiger partial charge in [0.25, 0.3) is 0 Å². The molecule has 2 aromatic carbocycles. The van der Waals surface area contributed by atoms with E-state index in [2.05, 4.69) is 5.32 Å². The summed E-state index contributed by atoms with van der Waals surface area (Å²) in [5.41, 5.74) is 0.524. The van der Waals surface area contributed by atoms with Crippen LogP contribution in [0.25, 0.3) is 0 Å². The van der Waals surface area contributed by atoms with Gasteiger partial charge in [0.2, 0.25) is 11.8 Å². The number of halogens is 1. The Morgan fingerprint density at radius 1 is 1.03 bits per heavy atom.